The first-order chi connectivity index (χ1) is 12.0. The maximum absolute atomic E-state index is 12.7. The number of aryl methyl sites for hydroxylation is 1. The van der Waals surface area contributed by atoms with Crippen molar-refractivity contribution in [1.29, 1.82) is 0 Å². The number of likely N-dealkylation sites (tertiary alicyclic amines) is 1. The second-order valence-electron chi connectivity index (χ2n) is 6.58. The molecule has 0 bridgehead atoms. The van der Waals surface area contributed by atoms with Gasteiger partial charge in [-0.25, -0.2) is 9.97 Å². The fraction of sp³-hybridized carbons (Fsp3) is 0.421. The molecule has 132 valence electrons. The van der Waals surface area contributed by atoms with Crippen LogP contribution in [0.4, 0.5) is 5.95 Å². The smallest absolute Gasteiger partial charge is 0.227 e. The highest BCUT2D eigenvalue weighted by molar-refractivity contribution is 9.10. The molecule has 25 heavy (non-hydrogen) atoms. The Bertz CT molecular complexity index is 734. The zero-order chi connectivity index (χ0) is 17.8. The summed E-state index contributed by atoms with van der Waals surface area (Å²) in [6.45, 7) is 3.52. The molecule has 1 aromatic heterocycles. The van der Waals surface area contributed by atoms with Crippen LogP contribution < -0.4 is 4.90 Å². The summed E-state index contributed by atoms with van der Waals surface area (Å²) in [4.78, 5) is 25.6. The van der Waals surface area contributed by atoms with E-state index in [-0.39, 0.29) is 11.9 Å². The first-order valence-electron chi connectivity index (χ1n) is 8.57. The zero-order valence-electron chi connectivity index (χ0n) is 14.7. The van der Waals surface area contributed by atoms with Crippen LogP contribution in [0.2, 0.25) is 0 Å². The molecule has 1 aromatic carbocycles. The maximum atomic E-state index is 12.7. The standard InChI is InChI=1S/C19H23BrN4O/c1-14-11-21-19(22-12-14)23(2)16-7-5-9-24(13-16)18(25)10-15-6-3-4-8-17(15)20/h3-4,6,8,11-12,16H,5,7,9-10,13H2,1-2H3. The third-order valence-corrected chi connectivity index (χ3v) is 5.45. The Morgan fingerprint density at radius 1 is 1.32 bits per heavy atom. The van der Waals surface area contributed by atoms with Gasteiger partial charge < -0.3 is 9.80 Å². The van der Waals surface area contributed by atoms with E-state index in [1.54, 1.807) is 0 Å². The molecule has 6 heteroatoms. The van der Waals surface area contributed by atoms with Crippen molar-refractivity contribution in [1.82, 2.24) is 14.9 Å². The summed E-state index contributed by atoms with van der Waals surface area (Å²) < 4.78 is 0.988. The van der Waals surface area contributed by atoms with Crippen molar-refractivity contribution in [3.63, 3.8) is 0 Å². The van der Waals surface area contributed by atoms with E-state index in [0.29, 0.717) is 6.42 Å². The van der Waals surface area contributed by atoms with Gasteiger partial charge in [-0.05, 0) is 37.0 Å². The lowest BCUT2D eigenvalue weighted by Gasteiger charge is -2.37. The molecule has 1 aliphatic rings. The monoisotopic (exact) mass is 402 g/mol. The van der Waals surface area contributed by atoms with Crippen LogP contribution in [-0.4, -0.2) is 47.0 Å². The van der Waals surface area contributed by atoms with Crippen LogP contribution in [0.3, 0.4) is 0 Å². The Kier molecular flexibility index (Phi) is 5.68. The Labute approximate surface area is 157 Å². The number of rotatable bonds is 4. The van der Waals surface area contributed by atoms with Gasteiger partial charge in [-0.3, -0.25) is 4.79 Å². The lowest BCUT2D eigenvalue weighted by Crippen LogP contribution is -2.49. The SMILES string of the molecule is Cc1cnc(N(C)C2CCCN(C(=O)Cc3ccccc3Br)C2)nc1. The van der Waals surface area contributed by atoms with Crippen LogP contribution >= 0.6 is 15.9 Å². The summed E-state index contributed by atoms with van der Waals surface area (Å²) in [5.41, 5.74) is 2.08. The number of anilines is 1. The number of halogens is 1. The summed E-state index contributed by atoms with van der Waals surface area (Å²) in [5, 5.41) is 0. The molecule has 0 spiro atoms. The third kappa shape index (κ3) is 4.37. The van der Waals surface area contributed by atoms with Gasteiger partial charge in [-0.1, -0.05) is 34.1 Å². The van der Waals surface area contributed by atoms with Crippen molar-refractivity contribution in [3.05, 3.63) is 52.3 Å². The number of carbonyl (C=O) groups excluding carboxylic acids is 1. The van der Waals surface area contributed by atoms with Crippen molar-refractivity contribution >= 4 is 27.8 Å². The van der Waals surface area contributed by atoms with E-state index in [1.165, 1.54) is 0 Å². The summed E-state index contributed by atoms with van der Waals surface area (Å²) >= 11 is 3.52. The average molecular weight is 403 g/mol. The molecular weight excluding hydrogens is 380 g/mol. The molecule has 5 nitrogen and oxygen atoms in total. The van der Waals surface area contributed by atoms with Gasteiger partial charge in [0, 0.05) is 43.0 Å². The number of hydrogen-bond acceptors (Lipinski definition) is 4. The summed E-state index contributed by atoms with van der Waals surface area (Å²) in [6.07, 6.45) is 6.14. The molecule has 0 aliphatic carbocycles. The molecule has 0 saturated carbocycles. The van der Waals surface area contributed by atoms with Crippen molar-refractivity contribution in [3.8, 4) is 0 Å². The van der Waals surface area contributed by atoms with E-state index in [0.717, 1.165) is 47.5 Å². The predicted molar refractivity (Wildman–Crippen MR) is 103 cm³/mol. The average Bonchev–Trinajstić information content (AvgIpc) is 2.64. The highest BCUT2D eigenvalue weighted by atomic mass is 79.9. The van der Waals surface area contributed by atoms with E-state index in [2.05, 4.69) is 30.8 Å². The Hall–Kier alpha value is -1.95. The van der Waals surface area contributed by atoms with Crippen molar-refractivity contribution in [2.75, 3.05) is 25.0 Å². The molecule has 0 N–H and O–H groups in total. The highest BCUT2D eigenvalue weighted by Gasteiger charge is 2.27. The quantitative estimate of drug-likeness (QED) is 0.787. The number of hydrogen-bond donors (Lipinski definition) is 0. The van der Waals surface area contributed by atoms with Crippen LogP contribution in [0.15, 0.2) is 41.1 Å². The fourth-order valence-electron chi connectivity index (χ4n) is 3.15. The van der Waals surface area contributed by atoms with Gasteiger partial charge in [0.05, 0.1) is 6.42 Å². The maximum Gasteiger partial charge on any atom is 0.227 e. The normalized spacial score (nSPS) is 17.4. The minimum atomic E-state index is 0.176. The van der Waals surface area contributed by atoms with Gasteiger partial charge in [-0.15, -0.1) is 0 Å². The number of benzene rings is 1. The summed E-state index contributed by atoms with van der Waals surface area (Å²) in [5.74, 6) is 0.894. The van der Waals surface area contributed by atoms with E-state index in [4.69, 9.17) is 0 Å². The number of carbonyl (C=O) groups is 1. The molecule has 1 unspecified atom stereocenters. The molecule has 2 heterocycles. The molecule has 1 saturated heterocycles. The highest BCUT2D eigenvalue weighted by Crippen LogP contribution is 2.21. The molecule has 0 radical (unpaired) electrons. The number of nitrogens with zero attached hydrogens (tertiary/aromatic N) is 4. The molecule has 2 aromatic rings. The largest absolute Gasteiger partial charge is 0.340 e. The van der Waals surface area contributed by atoms with Gasteiger partial charge in [0.2, 0.25) is 11.9 Å². The van der Waals surface area contributed by atoms with Crippen LogP contribution in [-0.2, 0) is 11.2 Å². The second-order valence-corrected chi connectivity index (χ2v) is 7.43. The first-order valence-corrected chi connectivity index (χ1v) is 9.36. The molecule has 1 amide bonds. The molecule has 1 aliphatic heterocycles. The van der Waals surface area contributed by atoms with Gasteiger partial charge in [0.15, 0.2) is 0 Å². The van der Waals surface area contributed by atoms with Crippen LogP contribution in [0.25, 0.3) is 0 Å². The Morgan fingerprint density at radius 2 is 2.04 bits per heavy atom. The minimum absolute atomic E-state index is 0.176. The number of aromatic nitrogens is 2. The number of likely N-dealkylation sites (N-methyl/N-ethyl adjacent to an activating group) is 1. The number of piperidine rings is 1. The topological polar surface area (TPSA) is 49.3 Å². The molecule has 1 fully saturated rings. The van der Waals surface area contributed by atoms with Gasteiger partial charge in [0.1, 0.15) is 0 Å². The molecule has 3 rings (SSSR count). The van der Waals surface area contributed by atoms with E-state index < -0.39 is 0 Å². The zero-order valence-corrected chi connectivity index (χ0v) is 16.2. The van der Waals surface area contributed by atoms with Crippen molar-refractivity contribution < 1.29 is 4.79 Å². The Balaban J connectivity index is 1.65. The summed E-state index contributed by atoms with van der Waals surface area (Å²) in [6, 6.07) is 8.15. The lowest BCUT2D eigenvalue weighted by molar-refractivity contribution is -0.131. The minimum Gasteiger partial charge on any atom is -0.340 e. The predicted octanol–water partition coefficient (Wildman–Crippen LogP) is 3.22. The summed E-state index contributed by atoms with van der Waals surface area (Å²) in [7, 11) is 2.01. The van der Waals surface area contributed by atoms with Gasteiger partial charge in [-0.2, -0.15) is 0 Å². The lowest BCUT2D eigenvalue weighted by atomic mass is 10.0. The number of amides is 1. The van der Waals surface area contributed by atoms with Crippen LogP contribution in [0, 0.1) is 6.92 Å². The van der Waals surface area contributed by atoms with Crippen molar-refractivity contribution in [2.45, 2.75) is 32.2 Å². The van der Waals surface area contributed by atoms with Crippen LogP contribution in [0.5, 0.6) is 0 Å². The van der Waals surface area contributed by atoms with Gasteiger partial charge in [0.25, 0.3) is 0 Å². The van der Waals surface area contributed by atoms with Gasteiger partial charge >= 0.3 is 0 Å². The van der Waals surface area contributed by atoms with E-state index in [1.807, 2.05) is 55.5 Å². The van der Waals surface area contributed by atoms with E-state index >= 15 is 0 Å². The van der Waals surface area contributed by atoms with E-state index in [9.17, 15) is 4.79 Å². The molecular formula is C19H23BrN4O. The first kappa shape index (κ1) is 17.9. The second kappa shape index (κ2) is 7.95. The fourth-order valence-corrected chi connectivity index (χ4v) is 3.57. The van der Waals surface area contributed by atoms with Crippen LogP contribution in [0.1, 0.15) is 24.0 Å². The van der Waals surface area contributed by atoms with Crippen molar-refractivity contribution in [2.24, 2.45) is 0 Å². The molecule has 1 atom stereocenters. The third-order valence-electron chi connectivity index (χ3n) is 4.68. The Morgan fingerprint density at radius 3 is 2.76 bits per heavy atom.